The highest BCUT2D eigenvalue weighted by atomic mass is 79.9. The van der Waals surface area contributed by atoms with Gasteiger partial charge in [0.05, 0.1) is 26.4 Å². The average Bonchev–Trinajstić information content (AvgIpc) is 3.10. The minimum Gasteiger partial charge on any atom is -0.448 e. The first-order chi connectivity index (χ1) is 25.8. The van der Waals surface area contributed by atoms with Gasteiger partial charge in [0, 0.05) is 5.56 Å². The first kappa shape index (κ1) is 50.2. The highest BCUT2D eigenvalue weighted by Gasteiger charge is 2.95. The van der Waals surface area contributed by atoms with Crippen LogP contribution in [0.15, 0.2) is 30.3 Å². The number of benzene rings is 1. The van der Waals surface area contributed by atoms with E-state index in [2.05, 4.69) is 10.1 Å². The van der Waals surface area contributed by atoms with Gasteiger partial charge in [0.2, 0.25) is 0 Å². The Kier molecular flexibility index (Phi) is 13.8. The van der Waals surface area contributed by atoms with E-state index < -0.39 is 115 Å². The standard InChI is InChI=1S/C32H37BrF17NO6Si/c1-14(2)24(3,4)58(5,6)22-18(19(52)20-16(56-22)12-54-21(57-20)15-10-8-7-9-11-15)51-23(53)55-13-17(33)25(34,35)26(36,37)27(38,39)28(40,41)29(42,43)30(44,45)31(46,47)32(48,49)50/h7-11,14,16-22,52H,12-13H2,1-6H3,(H,51,53)/t16-,17?,18-,19-,20-,21?,22+/m1/s1. The number of halogens is 18. The Morgan fingerprint density at radius 2 is 1.28 bits per heavy atom. The van der Waals surface area contributed by atoms with Gasteiger partial charge in [-0.05, 0) is 11.0 Å². The van der Waals surface area contributed by atoms with Crippen molar-refractivity contribution in [1.29, 1.82) is 0 Å². The molecule has 0 aromatic heterocycles. The quantitative estimate of drug-likeness (QED) is 0.110. The summed E-state index contributed by atoms with van der Waals surface area (Å²) < 4.78 is 257. The van der Waals surface area contributed by atoms with Crippen molar-refractivity contribution in [3.8, 4) is 0 Å². The van der Waals surface area contributed by atoms with Crippen molar-refractivity contribution in [3.05, 3.63) is 35.9 Å². The van der Waals surface area contributed by atoms with Gasteiger partial charge in [0.1, 0.15) is 29.7 Å². The van der Waals surface area contributed by atoms with E-state index in [0.29, 0.717) is 5.56 Å². The fourth-order valence-electron chi connectivity index (χ4n) is 6.10. The van der Waals surface area contributed by atoms with Crippen LogP contribution in [0.2, 0.25) is 18.1 Å². The van der Waals surface area contributed by atoms with E-state index in [1.165, 1.54) is 0 Å². The summed E-state index contributed by atoms with van der Waals surface area (Å²) in [5.41, 5.74) is -0.638. The maximum absolute atomic E-state index is 14.8. The van der Waals surface area contributed by atoms with Gasteiger partial charge in [-0.25, -0.2) is 4.79 Å². The minimum absolute atomic E-state index is 0.0857. The molecular weight excluding hydrogens is 925 g/mol. The molecule has 1 amide bonds. The Bertz CT molecular complexity index is 1600. The number of aliphatic hydroxyl groups is 1. The molecular formula is C32H37BrF17NO6Si. The van der Waals surface area contributed by atoms with Crippen molar-refractivity contribution in [2.45, 2.75) is 135 Å². The summed E-state index contributed by atoms with van der Waals surface area (Å²) in [7, 11) is -2.98. The number of carbonyl (C=O) groups is 1. The molecule has 2 N–H and O–H groups in total. The number of alkyl halides is 18. The zero-order chi connectivity index (χ0) is 45.3. The molecule has 3 rings (SSSR count). The summed E-state index contributed by atoms with van der Waals surface area (Å²) >= 11 is 1.65. The van der Waals surface area contributed by atoms with Crippen LogP contribution in [0.4, 0.5) is 79.4 Å². The second-order valence-electron chi connectivity index (χ2n) is 15.2. The van der Waals surface area contributed by atoms with E-state index >= 15 is 0 Å². The summed E-state index contributed by atoms with van der Waals surface area (Å²) in [6.07, 6.45) is -14.9. The van der Waals surface area contributed by atoms with Crippen LogP contribution in [-0.4, -0.2) is 115 Å². The molecule has 0 spiro atoms. The lowest BCUT2D eigenvalue weighted by molar-refractivity contribution is -0.461. The molecule has 1 aromatic rings. The number of nitrogens with one attached hydrogen (secondary N) is 1. The number of hydrogen-bond acceptors (Lipinski definition) is 6. The van der Waals surface area contributed by atoms with Crippen LogP contribution in [0, 0.1) is 5.92 Å². The van der Waals surface area contributed by atoms with Crippen LogP contribution in [0.1, 0.15) is 39.5 Å². The van der Waals surface area contributed by atoms with Crippen LogP contribution in [0.25, 0.3) is 0 Å². The molecule has 336 valence electrons. The van der Waals surface area contributed by atoms with E-state index in [4.69, 9.17) is 14.2 Å². The van der Waals surface area contributed by atoms with E-state index in [1.807, 2.05) is 27.7 Å². The smallest absolute Gasteiger partial charge is 0.448 e. The third kappa shape index (κ3) is 7.91. The predicted octanol–water partition coefficient (Wildman–Crippen LogP) is 9.78. The predicted molar refractivity (Wildman–Crippen MR) is 173 cm³/mol. The molecule has 2 unspecified atom stereocenters. The molecule has 7 nitrogen and oxygen atoms in total. The van der Waals surface area contributed by atoms with Gasteiger partial charge < -0.3 is 29.4 Å². The summed E-state index contributed by atoms with van der Waals surface area (Å²) in [5, 5.41) is 13.1. The van der Waals surface area contributed by atoms with Gasteiger partial charge in [-0.15, -0.1) is 0 Å². The number of fused-ring (bicyclic) bond motifs is 1. The van der Waals surface area contributed by atoms with Crippen LogP contribution in [-0.2, 0) is 18.9 Å². The normalized spacial score (nSPS) is 25.6. The number of amides is 1. The first-order valence-electron chi connectivity index (χ1n) is 16.8. The van der Waals surface area contributed by atoms with Crippen LogP contribution >= 0.6 is 15.9 Å². The lowest BCUT2D eigenvalue weighted by Gasteiger charge is -2.56. The first-order valence-corrected chi connectivity index (χ1v) is 20.8. The third-order valence-corrected chi connectivity index (χ3v) is 17.7. The molecule has 0 saturated carbocycles. The SMILES string of the molecule is CC(C)C(C)(C)[Si](C)(C)[C@@H]1O[C@@H]2COC(c3ccccc3)O[C@H]2[C@H](O)[C@H]1NC(=O)OCC(Br)C(F)(F)C(F)(F)C(F)(F)C(F)(F)C(F)(F)C(F)(F)C(F)(F)C(F)(F)F. The van der Waals surface area contributed by atoms with E-state index in [1.54, 1.807) is 59.4 Å². The monoisotopic (exact) mass is 961 g/mol. The third-order valence-electron chi connectivity index (χ3n) is 11.1. The molecule has 1 aromatic carbocycles. The van der Waals surface area contributed by atoms with Gasteiger partial charge in [-0.2, -0.15) is 74.6 Å². The Morgan fingerprint density at radius 3 is 1.74 bits per heavy atom. The molecule has 7 atom stereocenters. The maximum atomic E-state index is 14.8. The van der Waals surface area contributed by atoms with Crippen LogP contribution < -0.4 is 5.32 Å². The molecule has 0 radical (unpaired) electrons. The van der Waals surface area contributed by atoms with Crippen molar-refractivity contribution in [2.24, 2.45) is 5.92 Å². The van der Waals surface area contributed by atoms with Crippen molar-refractivity contribution in [3.63, 3.8) is 0 Å². The van der Waals surface area contributed by atoms with E-state index in [0.717, 1.165) is 0 Å². The lowest BCUT2D eigenvalue weighted by atomic mass is 9.88. The van der Waals surface area contributed by atoms with E-state index in [-0.39, 0.29) is 12.5 Å². The number of rotatable bonds is 14. The summed E-state index contributed by atoms with van der Waals surface area (Å²) in [4.78, 5) is 9.17. The van der Waals surface area contributed by atoms with Crippen molar-refractivity contribution in [2.75, 3.05) is 13.2 Å². The van der Waals surface area contributed by atoms with Crippen molar-refractivity contribution >= 4 is 30.1 Å². The second-order valence-corrected chi connectivity index (χ2v) is 21.6. The number of aliphatic hydroxyl groups excluding tert-OH is 1. The van der Waals surface area contributed by atoms with Gasteiger partial charge in [-0.3, -0.25) is 0 Å². The molecule has 2 aliphatic rings. The Balaban J connectivity index is 1.90. The van der Waals surface area contributed by atoms with Gasteiger partial charge in [0.25, 0.3) is 0 Å². The average molecular weight is 963 g/mol. The number of hydrogen-bond donors (Lipinski definition) is 2. The number of carbonyl (C=O) groups excluding carboxylic acids is 1. The lowest BCUT2D eigenvalue weighted by Crippen LogP contribution is -2.75. The molecule has 2 heterocycles. The van der Waals surface area contributed by atoms with Gasteiger partial charge >= 0.3 is 53.7 Å². The van der Waals surface area contributed by atoms with Crippen LogP contribution in [0.3, 0.4) is 0 Å². The molecule has 2 aliphatic heterocycles. The number of alkyl carbamates (subject to hydrolysis) is 1. The largest absolute Gasteiger partial charge is 0.460 e. The fourth-order valence-corrected chi connectivity index (χ4v) is 10.4. The zero-order valence-electron chi connectivity index (χ0n) is 30.7. The molecule has 2 fully saturated rings. The Morgan fingerprint density at radius 1 is 0.810 bits per heavy atom. The Labute approximate surface area is 328 Å². The maximum Gasteiger partial charge on any atom is 0.460 e. The zero-order valence-corrected chi connectivity index (χ0v) is 33.3. The Hall–Kier alpha value is -2.16. The molecule has 0 bridgehead atoms. The topological polar surface area (TPSA) is 86.3 Å². The summed E-state index contributed by atoms with van der Waals surface area (Å²) in [6, 6.07) is 6.58. The molecule has 26 heteroatoms. The molecule has 0 aliphatic carbocycles. The molecule has 2 saturated heterocycles. The van der Waals surface area contributed by atoms with Crippen molar-refractivity contribution < 1.29 is 103 Å². The summed E-state index contributed by atoms with van der Waals surface area (Å²) in [5.74, 6) is -57.9. The van der Waals surface area contributed by atoms with E-state index in [9.17, 15) is 84.5 Å². The highest BCUT2D eigenvalue weighted by Crippen LogP contribution is 2.64. The summed E-state index contributed by atoms with van der Waals surface area (Å²) in [6.45, 7) is 8.55. The second kappa shape index (κ2) is 15.9. The molecule has 58 heavy (non-hydrogen) atoms. The van der Waals surface area contributed by atoms with Gasteiger partial charge in [-0.1, -0.05) is 87.1 Å². The minimum atomic E-state index is -8.78. The van der Waals surface area contributed by atoms with Crippen molar-refractivity contribution in [1.82, 2.24) is 5.32 Å². The fraction of sp³-hybridized carbons (Fsp3) is 0.781. The number of ether oxygens (including phenoxy) is 4. The van der Waals surface area contributed by atoms with Gasteiger partial charge in [0.15, 0.2) is 6.29 Å². The highest BCUT2D eigenvalue weighted by molar-refractivity contribution is 9.09. The van der Waals surface area contributed by atoms with Crippen LogP contribution in [0.5, 0.6) is 0 Å².